The largest absolute Gasteiger partial charge is 0.355 e. The Labute approximate surface area is 140 Å². The summed E-state index contributed by atoms with van der Waals surface area (Å²) in [7, 11) is -0.955. The van der Waals surface area contributed by atoms with Crippen molar-refractivity contribution in [2.24, 2.45) is 5.92 Å². The highest BCUT2D eigenvalue weighted by atomic mass is 32.2. The molecule has 1 N–H and O–H groups in total. The van der Waals surface area contributed by atoms with Gasteiger partial charge >= 0.3 is 0 Å². The van der Waals surface area contributed by atoms with Crippen molar-refractivity contribution in [3.8, 4) is 0 Å². The van der Waals surface area contributed by atoms with Crippen LogP contribution >= 0.6 is 0 Å². The third kappa shape index (κ3) is 6.37. The van der Waals surface area contributed by atoms with Crippen molar-refractivity contribution in [3.63, 3.8) is 0 Å². The summed E-state index contributed by atoms with van der Waals surface area (Å²) in [5.74, 6) is 0.465. The molecule has 0 aromatic rings. The van der Waals surface area contributed by atoms with Crippen LogP contribution in [-0.2, 0) is 14.8 Å². The Hall–Kier alpha value is -0.700. The highest BCUT2D eigenvalue weighted by Gasteiger charge is 2.25. The van der Waals surface area contributed by atoms with Gasteiger partial charge in [-0.15, -0.1) is 0 Å². The molecule has 134 valence electrons. The maximum atomic E-state index is 12.1. The molecule has 0 bridgehead atoms. The zero-order valence-corrected chi connectivity index (χ0v) is 15.1. The van der Waals surface area contributed by atoms with Gasteiger partial charge in [0.15, 0.2) is 0 Å². The van der Waals surface area contributed by atoms with Gasteiger partial charge in [-0.3, -0.25) is 9.69 Å². The van der Waals surface area contributed by atoms with Crippen LogP contribution in [0.25, 0.3) is 0 Å². The number of amides is 1. The first-order chi connectivity index (χ1) is 10.8. The van der Waals surface area contributed by atoms with E-state index in [-0.39, 0.29) is 5.91 Å². The highest BCUT2D eigenvalue weighted by molar-refractivity contribution is 7.88. The lowest BCUT2D eigenvalue weighted by Crippen LogP contribution is -2.43. The first kappa shape index (κ1) is 18.6. The van der Waals surface area contributed by atoms with E-state index in [9.17, 15) is 13.2 Å². The van der Waals surface area contributed by atoms with Gasteiger partial charge in [0.05, 0.1) is 12.8 Å². The van der Waals surface area contributed by atoms with E-state index >= 15 is 0 Å². The third-order valence-electron chi connectivity index (χ3n) is 4.81. The van der Waals surface area contributed by atoms with Crippen molar-refractivity contribution in [2.45, 2.75) is 19.3 Å². The fraction of sp³-hybridized carbons (Fsp3) is 0.933. The van der Waals surface area contributed by atoms with E-state index in [4.69, 9.17) is 0 Å². The minimum absolute atomic E-state index is 0.0834. The van der Waals surface area contributed by atoms with Crippen molar-refractivity contribution in [1.29, 1.82) is 0 Å². The van der Waals surface area contributed by atoms with E-state index in [1.165, 1.54) is 10.6 Å². The number of carbonyl (C=O) groups excluding carboxylic acids is 1. The molecule has 23 heavy (non-hydrogen) atoms. The lowest BCUT2D eigenvalue weighted by atomic mass is 9.98. The van der Waals surface area contributed by atoms with E-state index in [0.717, 1.165) is 45.4 Å². The number of likely N-dealkylation sites (N-methyl/N-ethyl adjacent to an activating group) is 1. The number of nitrogens with one attached hydrogen (secondary N) is 1. The zero-order valence-electron chi connectivity index (χ0n) is 14.3. The SMILES string of the molecule is CN1CCCN(CC(=O)NCC2CCN(S(C)(=O)=O)CC2)CC1. The second-order valence-electron chi connectivity index (χ2n) is 6.84. The molecule has 0 aliphatic carbocycles. The first-order valence-electron chi connectivity index (χ1n) is 8.47. The lowest BCUT2D eigenvalue weighted by molar-refractivity contribution is -0.122. The molecule has 8 heteroatoms. The molecular weight excluding hydrogens is 316 g/mol. The Bertz CT molecular complexity index is 489. The lowest BCUT2D eigenvalue weighted by Gasteiger charge is -2.30. The summed E-state index contributed by atoms with van der Waals surface area (Å²) < 4.78 is 24.5. The van der Waals surface area contributed by atoms with Crippen molar-refractivity contribution in [1.82, 2.24) is 19.4 Å². The van der Waals surface area contributed by atoms with Gasteiger partial charge in [0.2, 0.25) is 15.9 Å². The van der Waals surface area contributed by atoms with Crippen molar-refractivity contribution in [2.75, 3.05) is 65.7 Å². The third-order valence-corrected chi connectivity index (χ3v) is 6.11. The van der Waals surface area contributed by atoms with Crippen LogP contribution in [0.5, 0.6) is 0 Å². The van der Waals surface area contributed by atoms with Gasteiger partial charge in [0, 0.05) is 32.7 Å². The molecule has 2 saturated heterocycles. The van der Waals surface area contributed by atoms with Gasteiger partial charge in [-0.05, 0) is 45.3 Å². The standard InChI is InChI=1S/C15H30N4O3S/c1-17-6-3-7-18(11-10-17)13-15(20)16-12-14-4-8-19(9-5-14)23(2,21)22/h14H,3-13H2,1-2H3,(H,16,20). The summed E-state index contributed by atoms with van der Waals surface area (Å²) >= 11 is 0. The van der Waals surface area contributed by atoms with E-state index in [1.807, 2.05) is 0 Å². The average molecular weight is 346 g/mol. The van der Waals surface area contributed by atoms with E-state index in [2.05, 4.69) is 22.2 Å². The van der Waals surface area contributed by atoms with Gasteiger partial charge in [0.1, 0.15) is 0 Å². The summed E-state index contributed by atoms with van der Waals surface area (Å²) in [6.45, 7) is 6.28. The number of piperidine rings is 1. The summed E-state index contributed by atoms with van der Waals surface area (Å²) in [6.07, 6.45) is 4.01. The number of hydrogen-bond donors (Lipinski definition) is 1. The molecule has 0 aromatic heterocycles. The quantitative estimate of drug-likeness (QED) is 0.720. The minimum Gasteiger partial charge on any atom is -0.355 e. The summed E-state index contributed by atoms with van der Waals surface area (Å²) in [5.41, 5.74) is 0. The van der Waals surface area contributed by atoms with Crippen LogP contribution in [0.1, 0.15) is 19.3 Å². The molecule has 2 rings (SSSR count). The Morgan fingerprint density at radius 2 is 1.78 bits per heavy atom. The number of sulfonamides is 1. The molecule has 2 heterocycles. The Balaban J connectivity index is 1.65. The molecule has 0 unspecified atom stereocenters. The van der Waals surface area contributed by atoms with Crippen LogP contribution < -0.4 is 5.32 Å². The summed E-state index contributed by atoms with van der Waals surface area (Å²) in [5, 5.41) is 3.02. The van der Waals surface area contributed by atoms with Gasteiger partial charge in [-0.2, -0.15) is 0 Å². The molecule has 0 aromatic carbocycles. The topological polar surface area (TPSA) is 73.0 Å². The molecule has 7 nitrogen and oxygen atoms in total. The fourth-order valence-corrected chi connectivity index (χ4v) is 4.09. The number of carbonyl (C=O) groups is 1. The second-order valence-corrected chi connectivity index (χ2v) is 8.82. The minimum atomic E-state index is -3.07. The van der Waals surface area contributed by atoms with Crippen LogP contribution in [0.3, 0.4) is 0 Å². The normalized spacial score (nSPS) is 23.6. The first-order valence-corrected chi connectivity index (χ1v) is 10.3. The van der Waals surface area contributed by atoms with Crippen LogP contribution in [0, 0.1) is 5.92 Å². The molecule has 0 saturated carbocycles. The Morgan fingerprint density at radius 1 is 1.09 bits per heavy atom. The van der Waals surface area contributed by atoms with E-state index in [1.54, 1.807) is 0 Å². The zero-order chi connectivity index (χ0) is 16.9. The molecule has 0 atom stereocenters. The smallest absolute Gasteiger partial charge is 0.234 e. The summed E-state index contributed by atoms with van der Waals surface area (Å²) in [4.78, 5) is 16.6. The molecule has 2 fully saturated rings. The second kappa shape index (κ2) is 8.41. The molecule has 0 spiro atoms. The fourth-order valence-electron chi connectivity index (χ4n) is 3.22. The maximum Gasteiger partial charge on any atom is 0.234 e. The summed E-state index contributed by atoms with van der Waals surface area (Å²) in [6, 6.07) is 0. The van der Waals surface area contributed by atoms with Crippen LogP contribution in [0.15, 0.2) is 0 Å². The van der Waals surface area contributed by atoms with Crippen LogP contribution in [-0.4, -0.2) is 94.1 Å². The van der Waals surface area contributed by atoms with Gasteiger partial charge < -0.3 is 10.2 Å². The molecular formula is C15H30N4O3S. The van der Waals surface area contributed by atoms with Crippen molar-refractivity contribution >= 4 is 15.9 Å². The predicted molar refractivity (Wildman–Crippen MR) is 90.7 cm³/mol. The molecule has 0 radical (unpaired) electrons. The number of nitrogens with zero attached hydrogens (tertiary/aromatic N) is 3. The van der Waals surface area contributed by atoms with Crippen LogP contribution in [0.4, 0.5) is 0 Å². The van der Waals surface area contributed by atoms with E-state index < -0.39 is 10.0 Å². The number of rotatable bonds is 5. The van der Waals surface area contributed by atoms with Gasteiger partial charge in [-0.1, -0.05) is 0 Å². The Morgan fingerprint density at radius 3 is 2.43 bits per heavy atom. The van der Waals surface area contributed by atoms with E-state index in [0.29, 0.717) is 32.1 Å². The number of hydrogen-bond acceptors (Lipinski definition) is 5. The van der Waals surface area contributed by atoms with Crippen molar-refractivity contribution in [3.05, 3.63) is 0 Å². The van der Waals surface area contributed by atoms with Gasteiger partial charge in [-0.25, -0.2) is 12.7 Å². The molecule has 1 amide bonds. The predicted octanol–water partition coefficient (Wildman–Crippen LogP) is -0.588. The van der Waals surface area contributed by atoms with Crippen LogP contribution in [0.2, 0.25) is 0 Å². The van der Waals surface area contributed by atoms with Crippen molar-refractivity contribution < 1.29 is 13.2 Å². The monoisotopic (exact) mass is 346 g/mol. The average Bonchev–Trinajstić information content (AvgIpc) is 2.69. The molecule has 2 aliphatic heterocycles. The highest BCUT2D eigenvalue weighted by Crippen LogP contribution is 2.18. The Kier molecular flexibility index (Phi) is 6.82. The maximum absolute atomic E-state index is 12.1. The van der Waals surface area contributed by atoms with Gasteiger partial charge in [0.25, 0.3) is 0 Å². The molecule has 2 aliphatic rings.